The number of rotatable bonds is 1. The van der Waals surface area contributed by atoms with E-state index in [0.29, 0.717) is 12.4 Å². The number of nitrogens with one attached hydrogen (secondary N) is 1. The summed E-state index contributed by atoms with van der Waals surface area (Å²) in [5, 5.41) is 0. The minimum absolute atomic E-state index is 0.00378. The lowest BCUT2D eigenvalue weighted by Gasteiger charge is -2.27. The van der Waals surface area contributed by atoms with Gasteiger partial charge in [0.1, 0.15) is 0 Å². The van der Waals surface area contributed by atoms with Gasteiger partial charge in [0.05, 0.1) is 11.0 Å². The number of imide groups is 1. The topological polar surface area (TPSA) is 66.1 Å². The number of piperidine rings is 1. The first kappa shape index (κ1) is 10.7. The molecule has 2 atom stereocenters. The first-order chi connectivity index (χ1) is 9.24. The molecule has 2 heterocycles. The van der Waals surface area contributed by atoms with Crippen molar-refractivity contribution in [2.45, 2.75) is 19.3 Å². The van der Waals surface area contributed by atoms with E-state index in [0.717, 1.165) is 23.9 Å². The van der Waals surface area contributed by atoms with Crippen LogP contribution in [0.15, 0.2) is 24.3 Å². The van der Waals surface area contributed by atoms with Crippen molar-refractivity contribution in [2.75, 3.05) is 4.90 Å². The molecule has 1 aromatic heterocycles. The van der Waals surface area contributed by atoms with Crippen molar-refractivity contribution in [3.63, 3.8) is 0 Å². The van der Waals surface area contributed by atoms with Crippen LogP contribution < -0.4 is 4.90 Å². The van der Waals surface area contributed by atoms with E-state index >= 15 is 0 Å². The highest BCUT2D eigenvalue weighted by Gasteiger charge is 2.46. The third-order valence-corrected chi connectivity index (χ3v) is 4.16. The normalized spacial score (nSPS) is 26.4. The highest BCUT2D eigenvalue weighted by Crippen LogP contribution is 2.39. The van der Waals surface area contributed by atoms with Gasteiger partial charge < -0.3 is 4.98 Å². The first-order valence-electron chi connectivity index (χ1n) is 6.56. The van der Waals surface area contributed by atoms with Crippen LogP contribution in [0.5, 0.6) is 0 Å². The van der Waals surface area contributed by atoms with E-state index in [-0.39, 0.29) is 23.7 Å². The second kappa shape index (κ2) is 3.66. The number of amides is 2. The summed E-state index contributed by atoms with van der Waals surface area (Å²) in [6, 6.07) is 7.53. The summed E-state index contributed by atoms with van der Waals surface area (Å²) < 4.78 is 0. The predicted octanol–water partition coefficient (Wildman–Crippen LogP) is 1.85. The molecule has 1 saturated carbocycles. The Morgan fingerprint density at radius 3 is 2.47 bits per heavy atom. The van der Waals surface area contributed by atoms with Gasteiger partial charge in [0.15, 0.2) is 0 Å². The fraction of sp³-hybridized carbons (Fsp3) is 0.357. The summed E-state index contributed by atoms with van der Waals surface area (Å²) in [5.41, 5.74) is 1.62. The number of anilines is 1. The smallest absolute Gasteiger partial charge is 0.239 e. The van der Waals surface area contributed by atoms with Gasteiger partial charge in [0.25, 0.3) is 0 Å². The predicted molar refractivity (Wildman–Crippen MR) is 69.4 cm³/mol. The fourth-order valence-electron chi connectivity index (χ4n) is 3.16. The van der Waals surface area contributed by atoms with Crippen LogP contribution in [0.25, 0.3) is 11.0 Å². The van der Waals surface area contributed by atoms with Crippen molar-refractivity contribution in [1.82, 2.24) is 9.97 Å². The minimum atomic E-state index is -0.0993. The standard InChI is InChI=1S/C14H13N3O2/c18-12-8-5-6-9(7-8)13(19)17(12)14-15-10-3-1-2-4-11(10)16-14/h1-4,8-9H,5-7H2,(H,15,16). The molecule has 1 aromatic carbocycles. The Labute approximate surface area is 109 Å². The lowest BCUT2D eigenvalue weighted by molar-refractivity contribution is -0.133. The Bertz CT molecular complexity index is 636. The van der Waals surface area contributed by atoms with Crippen molar-refractivity contribution in [3.05, 3.63) is 24.3 Å². The molecule has 2 bridgehead atoms. The Balaban J connectivity index is 1.82. The Morgan fingerprint density at radius 2 is 1.79 bits per heavy atom. The molecule has 2 unspecified atom stereocenters. The van der Waals surface area contributed by atoms with E-state index in [2.05, 4.69) is 9.97 Å². The molecule has 1 saturated heterocycles. The summed E-state index contributed by atoms with van der Waals surface area (Å²) >= 11 is 0. The number of fused-ring (bicyclic) bond motifs is 3. The second-order valence-electron chi connectivity index (χ2n) is 5.30. The van der Waals surface area contributed by atoms with Crippen LogP contribution >= 0.6 is 0 Å². The molecule has 1 aliphatic carbocycles. The van der Waals surface area contributed by atoms with Gasteiger partial charge in [-0.15, -0.1) is 0 Å². The molecule has 1 aliphatic heterocycles. The van der Waals surface area contributed by atoms with Gasteiger partial charge in [-0.3, -0.25) is 9.59 Å². The number of H-pyrrole nitrogens is 1. The molecule has 96 valence electrons. The van der Waals surface area contributed by atoms with E-state index in [1.54, 1.807) is 0 Å². The van der Waals surface area contributed by atoms with Crippen molar-refractivity contribution in [1.29, 1.82) is 0 Å². The highest BCUT2D eigenvalue weighted by atomic mass is 16.2. The Kier molecular flexibility index (Phi) is 2.07. The first-order valence-corrected chi connectivity index (χ1v) is 6.56. The summed E-state index contributed by atoms with van der Waals surface area (Å²) in [7, 11) is 0. The average molecular weight is 255 g/mol. The molecule has 5 nitrogen and oxygen atoms in total. The number of nitrogens with zero attached hydrogens (tertiary/aromatic N) is 2. The van der Waals surface area contributed by atoms with Crippen molar-refractivity contribution in [2.24, 2.45) is 11.8 Å². The number of carbonyl (C=O) groups excluding carboxylic acids is 2. The molecule has 0 radical (unpaired) electrons. The zero-order valence-electron chi connectivity index (χ0n) is 10.3. The number of hydrogen-bond donors (Lipinski definition) is 1. The van der Waals surface area contributed by atoms with Crippen molar-refractivity contribution < 1.29 is 9.59 Å². The van der Waals surface area contributed by atoms with Crippen LogP contribution in [0, 0.1) is 11.8 Å². The lowest BCUT2D eigenvalue weighted by Crippen LogP contribution is -2.47. The third-order valence-electron chi connectivity index (χ3n) is 4.16. The van der Waals surface area contributed by atoms with Gasteiger partial charge in [0.2, 0.25) is 17.8 Å². The maximum atomic E-state index is 12.3. The van der Waals surface area contributed by atoms with Gasteiger partial charge in [-0.1, -0.05) is 12.1 Å². The number of para-hydroxylation sites is 2. The molecule has 2 aliphatic rings. The zero-order chi connectivity index (χ0) is 13.0. The fourth-order valence-corrected chi connectivity index (χ4v) is 3.16. The van der Waals surface area contributed by atoms with E-state index in [9.17, 15) is 9.59 Å². The maximum absolute atomic E-state index is 12.3. The van der Waals surface area contributed by atoms with Crippen molar-refractivity contribution >= 4 is 28.8 Å². The van der Waals surface area contributed by atoms with Crippen LogP contribution in [0.2, 0.25) is 0 Å². The largest absolute Gasteiger partial charge is 0.323 e. The Hall–Kier alpha value is -2.17. The second-order valence-corrected chi connectivity index (χ2v) is 5.30. The maximum Gasteiger partial charge on any atom is 0.239 e. The lowest BCUT2D eigenvalue weighted by atomic mass is 9.97. The van der Waals surface area contributed by atoms with Crippen LogP contribution in [-0.4, -0.2) is 21.8 Å². The quantitative estimate of drug-likeness (QED) is 0.791. The van der Waals surface area contributed by atoms with Crippen LogP contribution in [0.3, 0.4) is 0 Å². The number of hydrogen-bond acceptors (Lipinski definition) is 3. The van der Waals surface area contributed by atoms with Gasteiger partial charge in [0, 0.05) is 11.8 Å². The van der Waals surface area contributed by atoms with Crippen LogP contribution in [0.4, 0.5) is 5.95 Å². The van der Waals surface area contributed by atoms with Crippen molar-refractivity contribution in [3.8, 4) is 0 Å². The van der Waals surface area contributed by atoms with E-state index in [1.807, 2.05) is 24.3 Å². The molecular weight excluding hydrogens is 242 g/mol. The van der Waals surface area contributed by atoms with Crippen LogP contribution in [0.1, 0.15) is 19.3 Å². The highest BCUT2D eigenvalue weighted by molar-refractivity contribution is 6.18. The van der Waals surface area contributed by atoms with Gasteiger partial charge in [-0.2, -0.15) is 0 Å². The molecule has 1 N–H and O–H groups in total. The Morgan fingerprint density at radius 1 is 1.11 bits per heavy atom. The third kappa shape index (κ3) is 1.44. The number of aromatic nitrogens is 2. The van der Waals surface area contributed by atoms with Crippen LogP contribution in [-0.2, 0) is 9.59 Å². The number of benzene rings is 1. The summed E-state index contributed by atoms with van der Waals surface area (Å²) in [6.45, 7) is 0. The van der Waals surface area contributed by atoms with Gasteiger partial charge in [-0.25, -0.2) is 9.88 Å². The SMILES string of the molecule is O=C1C2CCC(C2)C(=O)N1c1nc2ccccc2[nH]1. The molecule has 19 heavy (non-hydrogen) atoms. The summed E-state index contributed by atoms with van der Waals surface area (Å²) in [6.07, 6.45) is 2.37. The molecular formula is C14H13N3O2. The molecule has 4 rings (SSSR count). The number of aromatic amines is 1. The summed E-state index contributed by atoms with van der Waals surface area (Å²) in [5.74, 6) is 0.162. The number of imidazole rings is 1. The zero-order valence-corrected chi connectivity index (χ0v) is 10.3. The minimum Gasteiger partial charge on any atom is -0.323 e. The number of carbonyl (C=O) groups is 2. The molecule has 2 aromatic rings. The van der Waals surface area contributed by atoms with E-state index in [4.69, 9.17) is 0 Å². The molecule has 0 spiro atoms. The van der Waals surface area contributed by atoms with E-state index < -0.39 is 0 Å². The van der Waals surface area contributed by atoms with Gasteiger partial charge >= 0.3 is 0 Å². The van der Waals surface area contributed by atoms with Gasteiger partial charge in [-0.05, 0) is 31.4 Å². The molecule has 2 amide bonds. The monoisotopic (exact) mass is 255 g/mol. The van der Waals surface area contributed by atoms with E-state index in [1.165, 1.54) is 4.90 Å². The average Bonchev–Trinajstić information content (AvgIpc) is 3.02. The summed E-state index contributed by atoms with van der Waals surface area (Å²) in [4.78, 5) is 33.3. The molecule has 2 fully saturated rings. The molecule has 5 heteroatoms.